The van der Waals surface area contributed by atoms with Crippen LogP contribution in [-0.4, -0.2) is 16.5 Å². The van der Waals surface area contributed by atoms with Crippen LogP contribution in [0.5, 0.6) is 0 Å². The van der Waals surface area contributed by atoms with Gasteiger partial charge < -0.3 is 5.32 Å². The van der Waals surface area contributed by atoms with Gasteiger partial charge in [-0.05, 0) is 33.2 Å². The fourth-order valence-electron chi connectivity index (χ4n) is 2.31. The summed E-state index contributed by atoms with van der Waals surface area (Å²) in [6.07, 6.45) is 0. The average Bonchev–Trinajstić information content (AvgIpc) is 2.42. The number of aromatic nitrogens is 2. The summed E-state index contributed by atoms with van der Waals surface area (Å²) in [6.45, 7) is 12.5. The Bertz CT molecular complexity index is 577. The van der Waals surface area contributed by atoms with E-state index in [-0.39, 0.29) is 0 Å². The molecule has 1 aromatic carbocycles. The summed E-state index contributed by atoms with van der Waals surface area (Å²) in [4.78, 5) is 9.36. The molecule has 0 unspecified atom stereocenters. The Balaban J connectivity index is 2.22. The maximum atomic E-state index is 4.68. The van der Waals surface area contributed by atoms with Crippen LogP contribution in [0.4, 0.5) is 0 Å². The number of hydrogen-bond acceptors (Lipinski definition) is 3. The second kappa shape index (κ2) is 6.81. The number of nitrogens with one attached hydrogen (secondary N) is 1. The van der Waals surface area contributed by atoms with Gasteiger partial charge in [0.2, 0.25) is 0 Å². The normalized spacial score (nSPS) is 11.1. The summed E-state index contributed by atoms with van der Waals surface area (Å²) in [5.74, 6) is 1.47. The van der Waals surface area contributed by atoms with Crippen LogP contribution in [0.15, 0.2) is 24.3 Å². The zero-order valence-corrected chi connectivity index (χ0v) is 13.7. The largest absolute Gasteiger partial charge is 0.312 e. The van der Waals surface area contributed by atoms with E-state index in [4.69, 9.17) is 0 Å². The van der Waals surface area contributed by atoms with E-state index in [1.165, 1.54) is 11.1 Å². The number of aryl methyl sites for hydroxylation is 3. The standard InChI is InChI=1S/C18H25N3/c1-12(2)10-19-11-17-14(4)20-18(21-15(17)5)16-8-6-13(3)7-9-16/h6-9,12,19H,10-11H2,1-5H3. The maximum Gasteiger partial charge on any atom is 0.159 e. The highest BCUT2D eigenvalue weighted by molar-refractivity contribution is 5.56. The smallest absolute Gasteiger partial charge is 0.159 e. The van der Waals surface area contributed by atoms with Gasteiger partial charge in [0.15, 0.2) is 5.82 Å². The lowest BCUT2D eigenvalue weighted by Crippen LogP contribution is -2.21. The van der Waals surface area contributed by atoms with Crippen LogP contribution < -0.4 is 5.32 Å². The minimum Gasteiger partial charge on any atom is -0.312 e. The van der Waals surface area contributed by atoms with Gasteiger partial charge in [-0.15, -0.1) is 0 Å². The molecule has 2 aromatic rings. The summed E-state index contributed by atoms with van der Waals surface area (Å²) in [6, 6.07) is 8.36. The van der Waals surface area contributed by atoms with Crippen LogP contribution in [-0.2, 0) is 6.54 Å². The summed E-state index contributed by atoms with van der Waals surface area (Å²) in [5.41, 5.74) is 5.67. The van der Waals surface area contributed by atoms with Crippen molar-refractivity contribution >= 4 is 0 Å². The van der Waals surface area contributed by atoms with E-state index in [1.807, 2.05) is 0 Å². The van der Waals surface area contributed by atoms with E-state index >= 15 is 0 Å². The van der Waals surface area contributed by atoms with Gasteiger partial charge in [-0.1, -0.05) is 43.7 Å². The summed E-state index contributed by atoms with van der Waals surface area (Å²) in [7, 11) is 0. The quantitative estimate of drug-likeness (QED) is 0.906. The Morgan fingerprint density at radius 1 is 0.952 bits per heavy atom. The van der Waals surface area contributed by atoms with Crippen LogP contribution in [0.1, 0.15) is 36.4 Å². The lowest BCUT2D eigenvalue weighted by atomic mass is 10.1. The third-order valence-electron chi connectivity index (χ3n) is 3.58. The van der Waals surface area contributed by atoms with Crippen LogP contribution in [0.2, 0.25) is 0 Å². The van der Waals surface area contributed by atoms with Gasteiger partial charge in [-0.2, -0.15) is 0 Å². The second-order valence-electron chi connectivity index (χ2n) is 6.09. The maximum absolute atomic E-state index is 4.68. The summed E-state index contributed by atoms with van der Waals surface area (Å²) >= 11 is 0. The molecule has 0 fully saturated rings. The molecule has 0 aliphatic carbocycles. The summed E-state index contributed by atoms with van der Waals surface area (Å²) < 4.78 is 0. The Labute approximate surface area is 127 Å². The molecule has 1 aromatic heterocycles. The fourth-order valence-corrected chi connectivity index (χ4v) is 2.31. The molecule has 3 nitrogen and oxygen atoms in total. The fraction of sp³-hybridized carbons (Fsp3) is 0.444. The molecule has 2 rings (SSSR count). The van der Waals surface area contributed by atoms with Crippen LogP contribution in [0.25, 0.3) is 11.4 Å². The van der Waals surface area contributed by atoms with E-state index in [1.54, 1.807) is 0 Å². The zero-order valence-electron chi connectivity index (χ0n) is 13.7. The molecular weight excluding hydrogens is 258 g/mol. The van der Waals surface area contributed by atoms with Crippen molar-refractivity contribution in [3.63, 3.8) is 0 Å². The van der Waals surface area contributed by atoms with Crippen molar-refractivity contribution in [2.75, 3.05) is 6.54 Å². The molecule has 0 saturated heterocycles. The Morgan fingerprint density at radius 2 is 1.52 bits per heavy atom. The Kier molecular flexibility index (Phi) is 5.07. The molecule has 0 aliphatic heterocycles. The minimum atomic E-state index is 0.651. The van der Waals surface area contributed by atoms with Crippen LogP contribution >= 0.6 is 0 Å². The Hall–Kier alpha value is -1.74. The van der Waals surface area contributed by atoms with Gasteiger partial charge >= 0.3 is 0 Å². The number of hydrogen-bond donors (Lipinski definition) is 1. The first kappa shape index (κ1) is 15.6. The van der Waals surface area contributed by atoms with E-state index in [9.17, 15) is 0 Å². The highest BCUT2D eigenvalue weighted by Gasteiger charge is 2.10. The molecule has 112 valence electrons. The van der Waals surface area contributed by atoms with Crippen molar-refractivity contribution < 1.29 is 0 Å². The highest BCUT2D eigenvalue weighted by atomic mass is 14.9. The molecule has 0 radical (unpaired) electrons. The van der Waals surface area contributed by atoms with Crippen molar-refractivity contribution in [3.8, 4) is 11.4 Å². The van der Waals surface area contributed by atoms with Crippen LogP contribution in [0.3, 0.4) is 0 Å². The van der Waals surface area contributed by atoms with Crippen molar-refractivity contribution in [1.29, 1.82) is 0 Å². The van der Waals surface area contributed by atoms with Gasteiger partial charge in [0, 0.05) is 29.1 Å². The van der Waals surface area contributed by atoms with Gasteiger partial charge in [0.05, 0.1) is 0 Å². The first-order valence-electron chi connectivity index (χ1n) is 7.59. The molecule has 0 amide bonds. The molecule has 0 aliphatic rings. The van der Waals surface area contributed by atoms with Gasteiger partial charge in [-0.25, -0.2) is 9.97 Å². The average molecular weight is 283 g/mol. The van der Waals surface area contributed by atoms with Gasteiger partial charge in [0.25, 0.3) is 0 Å². The molecule has 0 saturated carbocycles. The minimum absolute atomic E-state index is 0.651. The number of benzene rings is 1. The first-order valence-corrected chi connectivity index (χ1v) is 7.59. The van der Waals surface area contributed by atoms with Crippen molar-refractivity contribution in [3.05, 3.63) is 46.8 Å². The van der Waals surface area contributed by atoms with Gasteiger partial charge in [-0.3, -0.25) is 0 Å². The summed E-state index contributed by atoms with van der Waals surface area (Å²) in [5, 5.41) is 3.47. The Morgan fingerprint density at radius 3 is 2.05 bits per heavy atom. The van der Waals surface area contributed by atoms with E-state index < -0.39 is 0 Å². The van der Waals surface area contributed by atoms with E-state index in [0.717, 1.165) is 35.9 Å². The molecule has 1 N–H and O–H groups in total. The molecule has 1 heterocycles. The predicted molar refractivity (Wildman–Crippen MR) is 88.2 cm³/mol. The van der Waals surface area contributed by atoms with Gasteiger partial charge in [0.1, 0.15) is 0 Å². The molecule has 21 heavy (non-hydrogen) atoms. The van der Waals surface area contributed by atoms with Crippen molar-refractivity contribution in [1.82, 2.24) is 15.3 Å². The molecule has 0 atom stereocenters. The highest BCUT2D eigenvalue weighted by Crippen LogP contribution is 2.19. The predicted octanol–water partition coefficient (Wildman–Crippen LogP) is 3.81. The zero-order chi connectivity index (χ0) is 15.4. The van der Waals surface area contributed by atoms with Crippen molar-refractivity contribution in [2.45, 2.75) is 41.2 Å². The molecule has 3 heteroatoms. The second-order valence-corrected chi connectivity index (χ2v) is 6.09. The lowest BCUT2D eigenvalue weighted by molar-refractivity contribution is 0.549. The molecular formula is C18H25N3. The lowest BCUT2D eigenvalue weighted by Gasteiger charge is -2.13. The first-order chi connectivity index (χ1) is 9.97. The third kappa shape index (κ3) is 4.11. The molecule has 0 spiro atoms. The third-order valence-corrected chi connectivity index (χ3v) is 3.58. The molecule has 0 bridgehead atoms. The number of nitrogens with zero attached hydrogens (tertiary/aromatic N) is 2. The van der Waals surface area contributed by atoms with E-state index in [0.29, 0.717) is 5.92 Å². The number of rotatable bonds is 5. The van der Waals surface area contributed by atoms with Crippen molar-refractivity contribution in [2.24, 2.45) is 5.92 Å². The monoisotopic (exact) mass is 283 g/mol. The van der Waals surface area contributed by atoms with E-state index in [2.05, 4.69) is 74.2 Å². The SMILES string of the molecule is Cc1ccc(-c2nc(C)c(CNCC(C)C)c(C)n2)cc1. The topological polar surface area (TPSA) is 37.8 Å². The van der Waals surface area contributed by atoms with Crippen LogP contribution in [0, 0.1) is 26.7 Å².